The molecule has 148 valence electrons. The van der Waals surface area contributed by atoms with Crippen LogP contribution < -0.4 is 15.0 Å². The standard InChI is InChI=1S/C23H24N4O2/c1-29-19-10-8-17(9-11-19)12-13-24-22-15-20(25-16-26-22)23(28)27-14-4-6-18-5-2-3-7-21(18)27/h2-3,5,7-11,15-16H,4,6,12-14H2,1H3,(H,24,25,26). The quantitative estimate of drug-likeness (QED) is 0.697. The monoisotopic (exact) mass is 388 g/mol. The zero-order valence-electron chi connectivity index (χ0n) is 16.5. The fourth-order valence-corrected chi connectivity index (χ4v) is 3.58. The number of aromatic nitrogens is 2. The molecule has 0 fully saturated rings. The van der Waals surface area contributed by atoms with Crippen LogP contribution in [0.3, 0.4) is 0 Å². The molecule has 6 nitrogen and oxygen atoms in total. The van der Waals surface area contributed by atoms with Crippen molar-refractivity contribution >= 4 is 17.4 Å². The van der Waals surface area contributed by atoms with Crippen LogP contribution in [0.2, 0.25) is 0 Å². The molecular weight excluding hydrogens is 364 g/mol. The molecule has 1 aliphatic rings. The molecule has 1 N–H and O–H groups in total. The lowest BCUT2D eigenvalue weighted by atomic mass is 10.0. The maximum absolute atomic E-state index is 13.1. The number of fused-ring (bicyclic) bond motifs is 1. The Morgan fingerprint density at radius 2 is 1.97 bits per heavy atom. The van der Waals surface area contributed by atoms with E-state index >= 15 is 0 Å². The summed E-state index contributed by atoms with van der Waals surface area (Å²) in [4.78, 5) is 23.4. The van der Waals surface area contributed by atoms with Crippen LogP contribution in [0.4, 0.5) is 11.5 Å². The van der Waals surface area contributed by atoms with E-state index in [-0.39, 0.29) is 5.91 Å². The Hall–Kier alpha value is -3.41. The highest BCUT2D eigenvalue weighted by Crippen LogP contribution is 2.28. The summed E-state index contributed by atoms with van der Waals surface area (Å²) in [6.07, 6.45) is 4.25. The molecule has 0 aliphatic carbocycles. The van der Waals surface area contributed by atoms with Gasteiger partial charge in [-0.15, -0.1) is 0 Å². The van der Waals surface area contributed by atoms with Gasteiger partial charge < -0.3 is 15.0 Å². The number of rotatable bonds is 6. The number of para-hydroxylation sites is 1. The normalized spacial score (nSPS) is 12.9. The molecule has 2 heterocycles. The van der Waals surface area contributed by atoms with Crippen LogP contribution in [-0.2, 0) is 12.8 Å². The third-order valence-electron chi connectivity index (χ3n) is 5.12. The summed E-state index contributed by atoms with van der Waals surface area (Å²) in [5, 5.41) is 3.29. The number of nitrogens with one attached hydrogen (secondary N) is 1. The van der Waals surface area contributed by atoms with Crippen molar-refractivity contribution in [3.8, 4) is 5.75 Å². The summed E-state index contributed by atoms with van der Waals surface area (Å²) >= 11 is 0. The maximum atomic E-state index is 13.1. The zero-order chi connectivity index (χ0) is 20.1. The number of methoxy groups -OCH3 is 1. The van der Waals surface area contributed by atoms with E-state index in [9.17, 15) is 4.79 Å². The van der Waals surface area contributed by atoms with E-state index in [1.54, 1.807) is 13.2 Å². The van der Waals surface area contributed by atoms with Crippen molar-refractivity contribution in [2.45, 2.75) is 19.3 Å². The van der Waals surface area contributed by atoms with Crippen molar-refractivity contribution in [2.75, 3.05) is 30.4 Å². The molecular formula is C23H24N4O2. The van der Waals surface area contributed by atoms with Crippen molar-refractivity contribution in [1.82, 2.24) is 9.97 Å². The van der Waals surface area contributed by atoms with Crippen LogP contribution in [0.25, 0.3) is 0 Å². The minimum atomic E-state index is -0.0854. The molecule has 0 atom stereocenters. The largest absolute Gasteiger partial charge is 0.497 e. The van der Waals surface area contributed by atoms with Gasteiger partial charge in [0.2, 0.25) is 0 Å². The van der Waals surface area contributed by atoms with E-state index in [4.69, 9.17) is 4.74 Å². The van der Waals surface area contributed by atoms with Gasteiger partial charge in [0.05, 0.1) is 7.11 Å². The third-order valence-corrected chi connectivity index (χ3v) is 5.12. The first-order chi connectivity index (χ1) is 14.2. The van der Waals surface area contributed by atoms with Crippen molar-refractivity contribution < 1.29 is 9.53 Å². The molecule has 0 bridgehead atoms. The second-order valence-corrected chi connectivity index (χ2v) is 7.00. The molecule has 6 heteroatoms. The van der Waals surface area contributed by atoms with E-state index in [0.717, 1.165) is 30.7 Å². The number of nitrogens with zero attached hydrogens (tertiary/aromatic N) is 3. The first-order valence-corrected chi connectivity index (χ1v) is 9.83. The van der Waals surface area contributed by atoms with Gasteiger partial charge in [-0.1, -0.05) is 30.3 Å². The van der Waals surface area contributed by atoms with Gasteiger partial charge in [-0.25, -0.2) is 9.97 Å². The van der Waals surface area contributed by atoms with Crippen LogP contribution in [0.15, 0.2) is 60.9 Å². The third kappa shape index (κ3) is 4.37. The Bertz CT molecular complexity index is 988. The number of carbonyl (C=O) groups excluding carboxylic acids is 1. The molecule has 4 rings (SSSR count). The Kier molecular flexibility index (Phi) is 5.70. The average molecular weight is 388 g/mol. The van der Waals surface area contributed by atoms with Crippen LogP contribution in [0.1, 0.15) is 28.0 Å². The van der Waals surface area contributed by atoms with E-state index in [1.807, 2.05) is 47.4 Å². The Balaban J connectivity index is 1.41. The average Bonchev–Trinajstić information content (AvgIpc) is 2.79. The Labute approximate surface area is 170 Å². The summed E-state index contributed by atoms with van der Waals surface area (Å²) in [5.41, 5.74) is 3.80. The SMILES string of the molecule is COc1ccc(CCNc2cc(C(=O)N3CCCc4ccccc43)ncn2)cc1. The topological polar surface area (TPSA) is 67.3 Å². The van der Waals surface area contributed by atoms with Crippen LogP contribution in [-0.4, -0.2) is 36.1 Å². The lowest BCUT2D eigenvalue weighted by Gasteiger charge is -2.29. The first kappa shape index (κ1) is 18.9. The lowest BCUT2D eigenvalue weighted by Crippen LogP contribution is -2.36. The Morgan fingerprint density at radius 3 is 2.79 bits per heavy atom. The van der Waals surface area contributed by atoms with Gasteiger partial charge in [-0.05, 0) is 48.6 Å². The number of carbonyl (C=O) groups is 1. The molecule has 1 amide bonds. The van der Waals surface area contributed by atoms with E-state index < -0.39 is 0 Å². The summed E-state index contributed by atoms with van der Waals surface area (Å²) in [5.74, 6) is 1.42. The highest BCUT2D eigenvalue weighted by Gasteiger charge is 2.24. The number of amides is 1. The number of hydrogen-bond donors (Lipinski definition) is 1. The molecule has 0 spiro atoms. The molecule has 0 saturated heterocycles. The molecule has 0 unspecified atom stereocenters. The van der Waals surface area contributed by atoms with Gasteiger partial charge in [0.25, 0.3) is 5.91 Å². The summed E-state index contributed by atoms with van der Waals surface area (Å²) in [6.45, 7) is 1.42. The van der Waals surface area contributed by atoms with Gasteiger partial charge in [-0.2, -0.15) is 0 Å². The number of hydrogen-bond acceptors (Lipinski definition) is 5. The van der Waals surface area contributed by atoms with E-state index in [2.05, 4.69) is 21.4 Å². The maximum Gasteiger partial charge on any atom is 0.277 e. The van der Waals surface area contributed by atoms with E-state index in [1.165, 1.54) is 17.5 Å². The number of ether oxygens (including phenoxy) is 1. The van der Waals surface area contributed by atoms with Crippen LogP contribution in [0, 0.1) is 0 Å². The molecule has 29 heavy (non-hydrogen) atoms. The van der Waals surface area contributed by atoms with Gasteiger partial charge >= 0.3 is 0 Å². The molecule has 0 saturated carbocycles. The fraction of sp³-hybridized carbons (Fsp3) is 0.261. The van der Waals surface area contributed by atoms with Crippen molar-refractivity contribution in [1.29, 1.82) is 0 Å². The zero-order valence-corrected chi connectivity index (χ0v) is 16.5. The van der Waals surface area contributed by atoms with E-state index in [0.29, 0.717) is 24.6 Å². The summed E-state index contributed by atoms with van der Waals surface area (Å²) in [6, 6.07) is 17.8. The first-order valence-electron chi connectivity index (χ1n) is 9.83. The van der Waals surface area contributed by atoms with Gasteiger partial charge in [0, 0.05) is 24.8 Å². The van der Waals surface area contributed by atoms with Crippen molar-refractivity contribution in [2.24, 2.45) is 0 Å². The van der Waals surface area contributed by atoms with Crippen LogP contribution >= 0.6 is 0 Å². The van der Waals surface area contributed by atoms with Crippen molar-refractivity contribution in [3.63, 3.8) is 0 Å². The number of benzene rings is 2. The molecule has 0 radical (unpaired) electrons. The predicted octanol–water partition coefficient (Wildman–Crippen LogP) is 3.73. The predicted molar refractivity (Wildman–Crippen MR) is 114 cm³/mol. The summed E-state index contributed by atoms with van der Waals surface area (Å²) < 4.78 is 5.18. The summed E-state index contributed by atoms with van der Waals surface area (Å²) in [7, 11) is 1.66. The molecule has 1 aliphatic heterocycles. The van der Waals surface area contributed by atoms with Gasteiger partial charge in [0.15, 0.2) is 0 Å². The minimum absolute atomic E-state index is 0.0854. The lowest BCUT2D eigenvalue weighted by molar-refractivity contribution is 0.0980. The minimum Gasteiger partial charge on any atom is -0.497 e. The fourth-order valence-electron chi connectivity index (χ4n) is 3.58. The van der Waals surface area contributed by atoms with Gasteiger partial charge in [0.1, 0.15) is 23.6 Å². The number of aryl methyl sites for hydroxylation is 1. The van der Waals surface area contributed by atoms with Crippen LogP contribution in [0.5, 0.6) is 5.75 Å². The number of anilines is 2. The molecule has 2 aromatic carbocycles. The smallest absolute Gasteiger partial charge is 0.277 e. The Morgan fingerprint density at radius 1 is 1.14 bits per heavy atom. The molecule has 3 aromatic rings. The van der Waals surface area contributed by atoms with Crippen molar-refractivity contribution in [3.05, 3.63) is 77.7 Å². The molecule has 1 aromatic heterocycles. The van der Waals surface area contributed by atoms with Gasteiger partial charge in [-0.3, -0.25) is 4.79 Å². The second-order valence-electron chi connectivity index (χ2n) is 7.00. The highest BCUT2D eigenvalue weighted by atomic mass is 16.5. The highest BCUT2D eigenvalue weighted by molar-refractivity contribution is 6.05. The second kappa shape index (κ2) is 8.73.